The lowest BCUT2D eigenvalue weighted by Gasteiger charge is -2.17. The van der Waals surface area contributed by atoms with Crippen molar-refractivity contribution < 1.29 is 12.8 Å². The molecule has 5 nitrogen and oxygen atoms in total. The molecule has 0 unspecified atom stereocenters. The van der Waals surface area contributed by atoms with Gasteiger partial charge in [0.25, 0.3) is 10.0 Å². The van der Waals surface area contributed by atoms with E-state index >= 15 is 0 Å². The van der Waals surface area contributed by atoms with Crippen LogP contribution in [0, 0.1) is 17.1 Å². The quantitative estimate of drug-likeness (QED) is 0.877. The number of thiophene rings is 1. The van der Waals surface area contributed by atoms with Gasteiger partial charge >= 0.3 is 0 Å². The van der Waals surface area contributed by atoms with Gasteiger partial charge in [-0.3, -0.25) is 0 Å². The van der Waals surface area contributed by atoms with E-state index in [1.165, 1.54) is 23.5 Å². The Labute approximate surface area is 132 Å². The average molecular weight is 339 g/mol. The van der Waals surface area contributed by atoms with E-state index in [0.717, 1.165) is 11.3 Å². The van der Waals surface area contributed by atoms with E-state index in [2.05, 4.69) is 5.32 Å². The van der Waals surface area contributed by atoms with E-state index < -0.39 is 15.8 Å². The zero-order valence-corrected chi connectivity index (χ0v) is 13.4. The molecule has 0 fully saturated rings. The summed E-state index contributed by atoms with van der Waals surface area (Å²) in [4.78, 5) is 0. The fourth-order valence-electron chi connectivity index (χ4n) is 1.82. The molecule has 2 aromatic rings. The number of nitrogens with one attached hydrogen (secondary N) is 1. The molecular formula is C14H14FN3O2S2. The molecule has 0 atom stereocenters. The Hall–Kier alpha value is -1.95. The largest absolute Gasteiger partial charge is 0.383 e. The van der Waals surface area contributed by atoms with Crippen LogP contribution in [-0.2, 0) is 10.0 Å². The zero-order chi connectivity index (χ0) is 16.2. The van der Waals surface area contributed by atoms with Crippen LogP contribution in [0.1, 0.15) is 5.56 Å². The third-order valence-corrected chi connectivity index (χ3v) is 6.26. The number of benzene rings is 1. The standard InChI is InChI=1S/C14H14FN3O2S2/c1-18(22(19,20)14-6-3-9-21-14)8-7-17-13-5-2-4-12(15)11(13)10-16/h2-6,9,17H,7-8H2,1H3. The summed E-state index contributed by atoms with van der Waals surface area (Å²) in [6, 6.07) is 9.28. The van der Waals surface area contributed by atoms with Crippen molar-refractivity contribution in [2.45, 2.75) is 4.21 Å². The van der Waals surface area contributed by atoms with Crippen LogP contribution >= 0.6 is 11.3 Å². The minimum absolute atomic E-state index is 0.0775. The molecule has 0 aliphatic carbocycles. The van der Waals surface area contributed by atoms with Crippen LogP contribution in [0.25, 0.3) is 0 Å². The predicted octanol–water partition coefficient (Wildman–Crippen LogP) is 2.49. The number of halogens is 1. The molecular weight excluding hydrogens is 325 g/mol. The first kappa shape index (κ1) is 16.4. The molecule has 1 heterocycles. The summed E-state index contributed by atoms with van der Waals surface area (Å²) in [7, 11) is -2.02. The first-order valence-electron chi connectivity index (χ1n) is 6.39. The highest BCUT2D eigenvalue weighted by molar-refractivity contribution is 7.91. The number of rotatable bonds is 6. The van der Waals surface area contributed by atoms with Crippen molar-refractivity contribution in [1.82, 2.24) is 4.31 Å². The molecule has 0 saturated carbocycles. The monoisotopic (exact) mass is 339 g/mol. The normalized spacial score (nSPS) is 11.4. The number of likely N-dealkylation sites (N-methyl/N-ethyl adjacent to an activating group) is 1. The molecule has 2 rings (SSSR count). The van der Waals surface area contributed by atoms with Crippen molar-refractivity contribution >= 4 is 27.0 Å². The molecule has 116 valence electrons. The van der Waals surface area contributed by atoms with E-state index in [4.69, 9.17) is 5.26 Å². The molecule has 0 spiro atoms. The van der Waals surface area contributed by atoms with Crippen molar-refractivity contribution in [3.05, 3.63) is 47.1 Å². The summed E-state index contributed by atoms with van der Waals surface area (Å²) in [6.45, 7) is 0.459. The Morgan fingerprint density at radius 3 is 2.77 bits per heavy atom. The summed E-state index contributed by atoms with van der Waals surface area (Å²) in [5.74, 6) is -0.605. The maximum Gasteiger partial charge on any atom is 0.252 e. The van der Waals surface area contributed by atoms with Crippen molar-refractivity contribution in [1.29, 1.82) is 5.26 Å². The predicted molar refractivity (Wildman–Crippen MR) is 83.7 cm³/mol. The second-order valence-corrected chi connectivity index (χ2v) is 7.68. The van der Waals surface area contributed by atoms with Gasteiger partial charge in [0, 0.05) is 20.1 Å². The van der Waals surface area contributed by atoms with E-state index in [-0.39, 0.29) is 22.9 Å². The third kappa shape index (κ3) is 3.44. The maximum absolute atomic E-state index is 13.4. The van der Waals surface area contributed by atoms with Gasteiger partial charge in [-0.15, -0.1) is 11.3 Å². The van der Waals surface area contributed by atoms with Crippen molar-refractivity contribution in [2.24, 2.45) is 0 Å². The van der Waals surface area contributed by atoms with Gasteiger partial charge in [-0.25, -0.2) is 12.8 Å². The smallest absolute Gasteiger partial charge is 0.252 e. The second kappa shape index (κ2) is 6.87. The number of nitrogens with zero attached hydrogens (tertiary/aromatic N) is 2. The fourth-order valence-corrected chi connectivity index (χ4v) is 4.19. The van der Waals surface area contributed by atoms with Gasteiger partial charge in [0.05, 0.1) is 5.69 Å². The van der Waals surface area contributed by atoms with Crippen LogP contribution in [0.3, 0.4) is 0 Å². The SMILES string of the molecule is CN(CCNc1cccc(F)c1C#N)S(=O)(=O)c1cccs1. The number of hydrogen-bond donors (Lipinski definition) is 1. The summed E-state index contributed by atoms with van der Waals surface area (Å²) < 4.78 is 39.4. The molecule has 8 heteroatoms. The van der Waals surface area contributed by atoms with Crippen molar-refractivity contribution in [3.8, 4) is 6.07 Å². The molecule has 0 radical (unpaired) electrons. The minimum Gasteiger partial charge on any atom is -0.383 e. The van der Waals surface area contributed by atoms with E-state index in [1.807, 2.05) is 0 Å². The van der Waals surface area contributed by atoms with E-state index in [1.54, 1.807) is 29.6 Å². The zero-order valence-electron chi connectivity index (χ0n) is 11.8. The molecule has 0 aliphatic heterocycles. The van der Waals surface area contributed by atoms with Crippen LogP contribution in [0.5, 0.6) is 0 Å². The van der Waals surface area contributed by atoms with Crippen LogP contribution in [-0.4, -0.2) is 32.9 Å². The molecule has 1 aromatic carbocycles. The number of sulfonamides is 1. The van der Waals surface area contributed by atoms with E-state index in [0.29, 0.717) is 5.69 Å². The lowest BCUT2D eigenvalue weighted by molar-refractivity contribution is 0.482. The van der Waals surface area contributed by atoms with Crippen LogP contribution in [0.15, 0.2) is 39.9 Å². The summed E-state index contributed by atoms with van der Waals surface area (Å²) in [5.41, 5.74) is 0.274. The number of hydrogen-bond acceptors (Lipinski definition) is 5. The third-order valence-electron chi connectivity index (χ3n) is 3.03. The second-order valence-electron chi connectivity index (χ2n) is 4.46. The highest BCUT2D eigenvalue weighted by Gasteiger charge is 2.21. The fraction of sp³-hybridized carbons (Fsp3) is 0.214. The Morgan fingerprint density at radius 1 is 1.36 bits per heavy atom. The van der Waals surface area contributed by atoms with Crippen LogP contribution in [0.2, 0.25) is 0 Å². The Morgan fingerprint density at radius 2 is 2.14 bits per heavy atom. The first-order chi connectivity index (χ1) is 10.5. The summed E-state index contributed by atoms with van der Waals surface area (Å²) in [6.07, 6.45) is 0. The van der Waals surface area contributed by atoms with Gasteiger partial charge in [0.2, 0.25) is 0 Å². The summed E-state index contributed by atoms with van der Waals surface area (Å²) >= 11 is 1.15. The van der Waals surface area contributed by atoms with Gasteiger partial charge in [-0.2, -0.15) is 9.57 Å². The van der Waals surface area contributed by atoms with Gasteiger partial charge < -0.3 is 5.32 Å². The van der Waals surface area contributed by atoms with Crippen molar-refractivity contribution in [3.63, 3.8) is 0 Å². The highest BCUT2D eigenvalue weighted by Crippen LogP contribution is 2.20. The molecule has 0 aliphatic rings. The van der Waals surface area contributed by atoms with Crippen LogP contribution in [0.4, 0.5) is 10.1 Å². The lowest BCUT2D eigenvalue weighted by Crippen LogP contribution is -2.31. The molecule has 1 N–H and O–H groups in total. The van der Waals surface area contributed by atoms with Crippen molar-refractivity contribution in [2.75, 3.05) is 25.5 Å². The topological polar surface area (TPSA) is 73.2 Å². The molecule has 22 heavy (non-hydrogen) atoms. The Kier molecular flexibility index (Phi) is 5.13. The van der Waals surface area contributed by atoms with Crippen LogP contribution < -0.4 is 5.32 Å². The molecule has 1 aromatic heterocycles. The number of nitriles is 1. The molecule has 0 amide bonds. The Bertz CT molecular complexity index is 783. The van der Waals surface area contributed by atoms with E-state index in [9.17, 15) is 12.8 Å². The maximum atomic E-state index is 13.4. The number of anilines is 1. The van der Waals surface area contributed by atoms with Gasteiger partial charge in [0.15, 0.2) is 0 Å². The molecule has 0 bridgehead atoms. The Balaban J connectivity index is 2.00. The highest BCUT2D eigenvalue weighted by atomic mass is 32.2. The first-order valence-corrected chi connectivity index (χ1v) is 8.71. The van der Waals surface area contributed by atoms with Gasteiger partial charge in [-0.05, 0) is 23.6 Å². The molecule has 0 saturated heterocycles. The summed E-state index contributed by atoms with van der Waals surface area (Å²) in [5, 5.41) is 13.5. The van der Waals surface area contributed by atoms with Gasteiger partial charge in [0.1, 0.15) is 21.7 Å². The lowest BCUT2D eigenvalue weighted by atomic mass is 10.2. The average Bonchev–Trinajstić information content (AvgIpc) is 3.02. The minimum atomic E-state index is -3.50. The van der Waals surface area contributed by atoms with Gasteiger partial charge in [-0.1, -0.05) is 12.1 Å².